The van der Waals surface area contributed by atoms with Crippen molar-refractivity contribution >= 4 is 34.9 Å². The Kier molecular flexibility index (Phi) is 7.21. The van der Waals surface area contributed by atoms with Crippen molar-refractivity contribution in [1.82, 2.24) is 9.80 Å². The van der Waals surface area contributed by atoms with Crippen molar-refractivity contribution in [3.8, 4) is 5.75 Å². The fraction of sp³-hybridized carbons (Fsp3) is 0.484. The number of aliphatic hydroxyl groups excluding tert-OH is 2. The molecule has 0 saturated heterocycles. The highest BCUT2D eigenvalue weighted by Crippen LogP contribution is 2.53. The molecule has 0 unspecified atom stereocenters. The van der Waals surface area contributed by atoms with Gasteiger partial charge in [0, 0.05) is 24.6 Å². The smallest absolute Gasteiger partial charge is 0.410 e. The first kappa shape index (κ1) is 30.3. The van der Waals surface area contributed by atoms with E-state index in [1.54, 1.807) is 45.8 Å². The number of amides is 2. The number of ketones is 2. The molecule has 43 heavy (non-hydrogen) atoms. The number of phenolic OH excluding ortho intramolecular Hbond substituents is 1. The van der Waals surface area contributed by atoms with E-state index in [0.717, 1.165) is 11.1 Å². The number of benzene rings is 1. The second-order valence-corrected chi connectivity index (χ2v) is 12.9. The summed E-state index contributed by atoms with van der Waals surface area (Å²) in [5.41, 5.74) is 3.24. The standard InChI is InChI=1S/C31H37N3O9/c1-30(2,3)43-29(41)34-10-8-14(9-11-34)16-6-7-19(35)21-17(16)12-15-13-18-23(33(4)5)25(37)22(28(32)40)27(39)31(18,42)26(38)20(15)24(21)36/h6-8,15,18,23,35-36,39,42H,9-13H2,1-5H3,(H2,32,40)/t15-,18-,23-,31-/m0/s1. The molecule has 3 aliphatic carbocycles. The van der Waals surface area contributed by atoms with Crippen molar-refractivity contribution in [2.24, 2.45) is 17.6 Å². The second kappa shape index (κ2) is 10.2. The monoisotopic (exact) mass is 595 g/mol. The fourth-order valence-corrected chi connectivity index (χ4v) is 6.95. The first-order valence-electron chi connectivity index (χ1n) is 14.2. The van der Waals surface area contributed by atoms with Crippen LogP contribution in [-0.4, -0.2) is 98.2 Å². The van der Waals surface area contributed by atoms with E-state index in [1.165, 1.54) is 11.0 Å². The fourth-order valence-electron chi connectivity index (χ4n) is 6.95. The van der Waals surface area contributed by atoms with Crippen LogP contribution in [0, 0.1) is 11.8 Å². The number of primary amides is 1. The minimum atomic E-state index is -2.69. The Morgan fingerprint density at radius 3 is 2.37 bits per heavy atom. The lowest BCUT2D eigenvalue weighted by atomic mass is 9.57. The van der Waals surface area contributed by atoms with E-state index in [2.05, 4.69) is 0 Å². The number of nitrogens with two attached hydrogens (primary N) is 1. The highest BCUT2D eigenvalue weighted by atomic mass is 16.6. The summed E-state index contributed by atoms with van der Waals surface area (Å²) in [6, 6.07) is 1.98. The van der Waals surface area contributed by atoms with Gasteiger partial charge in [-0.2, -0.15) is 0 Å². The average molecular weight is 596 g/mol. The number of phenols is 1. The van der Waals surface area contributed by atoms with Gasteiger partial charge in [0.1, 0.15) is 28.4 Å². The molecular formula is C31H37N3O9. The number of hydrogen-bond acceptors (Lipinski definition) is 10. The first-order chi connectivity index (χ1) is 20.0. The van der Waals surface area contributed by atoms with Crippen molar-refractivity contribution in [2.45, 2.75) is 57.3 Å². The Balaban J connectivity index is 1.58. The van der Waals surface area contributed by atoms with E-state index < -0.39 is 69.7 Å². The van der Waals surface area contributed by atoms with E-state index in [-0.39, 0.29) is 29.7 Å². The van der Waals surface area contributed by atoms with Crippen molar-refractivity contribution in [2.75, 3.05) is 27.2 Å². The third-order valence-corrected chi connectivity index (χ3v) is 8.81. The predicted octanol–water partition coefficient (Wildman–Crippen LogP) is 1.99. The van der Waals surface area contributed by atoms with Gasteiger partial charge in [0.2, 0.25) is 5.78 Å². The summed E-state index contributed by atoms with van der Waals surface area (Å²) < 4.78 is 5.48. The predicted molar refractivity (Wildman–Crippen MR) is 155 cm³/mol. The van der Waals surface area contributed by atoms with Crippen LogP contribution < -0.4 is 5.73 Å². The number of nitrogens with zero attached hydrogens (tertiary/aromatic N) is 2. The molecule has 6 N–H and O–H groups in total. The van der Waals surface area contributed by atoms with Crippen LogP contribution in [0.25, 0.3) is 11.3 Å². The maximum Gasteiger partial charge on any atom is 0.410 e. The summed E-state index contributed by atoms with van der Waals surface area (Å²) >= 11 is 0. The van der Waals surface area contributed by atoms with Gasteiger partial charge >= 0.3 is 6.09 Å². The average Bonchev–Trinajstić information content (AvgIpc) is 2.89. The largest absolute Gasteiger partial charge is 0.508 e. The molecule has 5 rings (SSSR count). The Morgan fingerprint density at radius 2 is 1.81 bits per heavy atom. The lowest BCUT2D eigenvalue weighted by Crippen LogP contribution is -2.65. The molecule has 0 bridgehead atoms. The number of likely N-dealkylation sites (N-methyl/N-ethyl adjacent to an activating group) is 1. The van der Waals surface area contributed by atoms with Crippen LogP contribution in [0.15, 0.2) is 35.1 Å². The van der Waals surface area contributed by atoms with Crippen molar-refractivity contribution in [3.05, 3.63) is 51.8 Å². The number of hydrogen-bond donors (Lipinski definition) is 5. The van der Waals surface area contributed by atoms with Gasteiger partial charge in [0.15, 0.2) is 11.4 Å². The zero-order valence-corrected chi connectivity index (χ0v) is 24.8. The molecule has 1 heterocycles. The number of carbonyl (C=O) groups is 4. The number of rotatable bonds is 3. The van der Waals surface area contributed by atoms with E-state index >= 15 is 0 Å². The van der Waals surface area contributed by atoms with E-state index in [4.69, 9.17) is 10.5 Å². The number of aliphatic hydroxyl groups is 3. The highest BCUT2D eigenvalue weighted by molar-refractivity contribution is 6.24. The van der Waals surface area contributed by atoms with Crippen LogP contribution in [0.3, 0.4) is 0 Å². The van der Waals surface area contributed by atoms with Gasteiger partial charge in [0.05, 0.1) is 11.6 Å². The molecule has 4 aliphatic rings. The van der Waals surface area contributed by atoms with Gasteiger partial charge in [-0.15, -0.1) is 0 Å². The lowest BCUT2D eigenvalue weighted by molar-refractivity contribution is -0.153. The summed E-state index contributed by atoms with van der Waals surface area (Å²) in [5.74, 6) is -6.90. The molecule has 1 aromatic rings. The van der Waals surface area contributed by atoms with E-state index in [0.29, 0.717) is 25.1 Å². The number of carbonyl (C=O) groups excluding carboxylic acids is 4. The number of aromatic hydroxyl groups is 1. The van der Waals surface area contributed by atoms with Crippen LogP contribution in [0.4, 0.5) is 4.79 Å². The minimum Gasteiger partial charge on any atom is -0.508 e. The van der Waals surface area contributed by atoms with Gasteiger partial charge in [-0.05, 0) is 82.8 Å². The molecule has 0 spiro atoms. The molecule has 1 aromatic carbocycles. The number of Topliss-reactive ketones (excluding diaryl/α,β-unsaturated/α-hetero) is 2. The van der Waals surface area contributed by atoms with Gasteiger partial charge < -0.3 is 35.8 Å². The molecule has 0 aromatic heterocycles. The molecule has 4 atom stereocenters. The summed E-state index contributed by atoms with van der Waals surface area (Å²) in [5, 5.41) is 45.0. The molecule has 1 fully saturated rings. The van der Waals surface area contributed by atoms with Gasteiger partial charge in [-0.25, -0.2) is 4.79 Å². The Bertz CT molecular complexity index is 1550. The summed E-state index contributed by atoms with van der Waals surface area (Å²) in [4.78, 5) is 55.0. The third kappa shape index (κ3) is 4.69. The van der Waals surface area contributed by atoms with Crippen molar-refractivity contribution < 1.29 is 44.3 Å². The normalized spacial score (nSPS) is 27.5. The van der Waals surface area contributed by atoms with Crippen LogP contribution in [0.1, 0.15) is 50.3 Å². The van der Waals surface area contributed by atoms with E-state index in [9.17, 15) is 39.6 Å². The van der Waals surface area contributed by atoms with Crippen molar-refractivity contribution in [1.29, 1.82) is 0 Å². The quantitative estimate of drug-likeness (QED) is 0.323. The molecule has 1 aliphatic heterocycles. The molecule has 0 radical (unpaired) electrons. The summed E-state index contributed by atoms with van der Waals surface area (Å²) in [6.45, 7) is 6.07. The summed E-state index contributed by atoms with van der Waals surface area (Å²) in [7, 11) is 3.11. The van der Waals surface area contributed by atoms with Crippen LogP contribution in [0.2, 0.25) is 0 Å². The van der Waals surface area contributed by atoms with Crippen LogP contribution >= 0.6 is 0 Å². The van der Waals surface area contributed by atoms with Crippen LogP contribution in [0.5, 0.6) is 5.75 Å². The zero-order chi connectivity index (χ0) is 31.8. The van der Waals surface area contributed by atoms with Crippen LogP contribution in [-0.2, 0) is 25.5 Å². The maximum absolute atomic E-state index is 14.0. The van der Waals surface area contributed by atoms with Gasteiger partial charge in [-0.3, -0.25) is 19.3 Å². The molecule has 12 heteroatoms. The second-order valence-electron chi connectivity index (χ2n) is 12.9. The van der Waals surface area contributed by atoms with Gasteiger partial charge in [0.25, 0.3) is 5.91 Å². The Hall–Kier alpha value is -4.16. The minimum absolute atomic E-state index is 0.00628. The van der Waals surface area contributed by atoms with Crippen molar-refractivity contribution in [3.63, 3.8) is 0 Å². The Labute approximate surface area is 248 Å². The first-order valence-corrected chi connectivity index (χ1v) is 14.2. The number of ether oxygens (including phenoxy) is 1. The third-order valence-electron chi connectivity index (χ3n) is 8.81. The molecule has 2 amide bonds. The SMILES string of the molecule is CN(C)[C@@H]1C(=O)C(C(N)=O)=C(O)[C@@]2(O)C(=O)C3=C(O)c4c(O)ccc(C5=CCN(C(=O)OC(C)(C)C)CC5)c4C[C@H]3C[C@@H]12. The molecule has 1 saturated carbocycles. The lowest BCUT2D eigenvalue weighted by Gasteiger charge is -2.50. The number of fused-ring (bicyclic) bond motifs is 3. The van der Waals surface area contributed by atoms with Gasteiger partial charge in [-0.1, -0.05) is 12.1 Å². The highest BCUT2D eigenvalue weighted by Gasteiger charge is 2.64. The summed E-state index contributed by atoms with van der Waals surface area (Å²) in [6.07, 6.45) is 2.13. The molecular weight excluding hydrogens is 558 g/mol. The van der Waals surface area contributed by atoms with E-state index in [1.807, 2.05) is 6.08 Å². The maximum atomic E-state index is 14.0. The molecule has 230 valence electrons. The zero-order valence-electron chi connectivity index (χ0n) is 24.8. The molecule has 12 nitrogen and oxygen atoms in total. The Morgan fingerprint density at radius 1 is 1.14 bits per heavy atom. The topological polar surface area (TPSA) is 191 Å².